The molecule has 196 valence electrons. The van der Waals surface area contributed by atoms with E-state index in [1.54, 1.807) is 34.8 Å². The number of aromatic nitrogens is 1. The molecule has 1 atom stereocenters. The molecule has 0 saturated heterocycles. The van der Waals surface area contributed by atoms with Crippen molar-refractivity contribution in [2.75, 3.05) is 0 Å². The van der Waals surface area contributed by atoms with E-state index in [0.29, 0.717) is 4.90 Å². The highest BCUT2D eigenvalue weighted by molar-refractivity contribution is 7.79. The highest BCUT2D eigenvalue weighted by Crippen LogP contribution is 2.33. The van der Waals surface area contributed by atoms with Gasteiger partial charge in [-0.3, -0.25) is 4.21 Å². The number of rotatable bonds is 2. The molecule has 40 heavy (non-hydrogen) atoms. The van der Waals surface area contributed by atoms with Crippen molar-refractivity contribution in [1.29, 1.82) is 0 Å². The molecular weight excluding hydrogens is 551 g/mol. The second kappa shape index (κ2) is 12.0. The Morgan fingerprint density at radius 2 is 1.10 bits per heavy atom. The molecule has 0 aliphatic carbocycles. The summed E-state index contributed by atoms with van der Waals surface area (Å²) in [4.78, 5) is 0.309. The Balaban J connectivity index is 0.000000131. The molecule has 0 fully saturated rings. The van der Waals surface area contributed by atoms with Gasteiger partial charge in [0.2, 0.25) is 0 Å². The Labute approximate surface area is 242 Å². The SMILES string of the molecule is O=S([O-])c1ccc2c(c1)c1ccccc1n2-c1ccccc1.c1ccc2sccc2c1.c1ccc2sccc2c1. The van der Waals surface area contributed by atoms with Crippen molar-refractivity contribution in [3.63, 3.8) is 0 Å². The van der Waals surface area contributed by atoms with Gasteiger partial charge < -0.3 is 9.12 Å². The average Bonchev–Trinajstić information content (AvgIpc) is 3.75. The molecule has 3 heterocycles. The Hall–Kier alpha value is -4.07. The number of para-hydroxylation sites is 2. The van der Waals surface area contributed by atoms with E-state index < -0.39 is 11.1 Å². The smallest absolute Gasteiger partial charge is 0.0541 e. The number of benzene rings is 5. The van der Waals surface area contributed by atoms with Gasteiger partial charge in [-0.25, -0.2) is 0 Å². The predicted octanol–water partition coefficient (Wildman–Crippen LogP) is 9.82. The Morgan fingerprint density at radius 1 is 0.550 bits per heavy atom. The Kier molecular flexibility index (Phi) is 7.84. The van der Waals surface area contributed by atoms with E-state index in [4.69, 9.17) is 0 Å². The second-order valence-corrected chi connectivity index (χ2v) is 11.9. The summed E-state index contributed by atoms with van der Waals surface area (Å²) in [5, 5.41) is 8.93. The van der Waals surface area contributed by atoms with Crippen LogP contribution in [-0.2, 0) is 11.1 Å². The van der Waals surface area contributed by atoms with Crippen LogP contribution in [0, 0.1) is 0 Å². The topological polar surface area (TPSA) is 45.1 Å². The van der Waals surface area contributed by atoms with E-state index in [9.17, 15) is 8.76 Å². The van der Waals surface area contributed by atoms with Gasteiger partial charge in [0.1, 0.15) is 0 Å². The average molecular weight is 575 g/mol. The van der Waals surface area contributed by atoms with E-state index in [0.717, 1.165) is 27.5 Å². The molecule has 0 bridgehead atoms. The van der Waals surface area contributed by atoms with E-state index >= 15 is 0 Å². The summed E-state index contributed by atoms with van der Waals surface area (Å²) in [6, 6.07) is 44.4. The van der Waals surface area contributed by atoms with Gasteiger partial charge in [0, 0.05) is 30.8 Å². The van der Waals surface area contributed by atoms with E-state index in [1.165, 1.54) is 20.2 Å². The molecule has 0 amide bonds. The normalized spacial score (nSPS) is 11.6. The van der Waals surface area contributed by atoms with E-state index in [2.05, 4.69) is 82.1 Å². The Bertz CT molecular complexity index is 1930. The summed E-state index contributed by atoms with van der Waals surface area (Å²) in [5.41, 5.74) is 3.13. The minimum atomic E-state index is -2.22. The van der Waals surface area contributed by atoms with Crippen LogP contribution in [0.25, 0.3) is 47.7 Å². The molecule has 8 rings (SSSR count). The third-order valence-electron chi connectivity index (χ3n) is 6.57. The molecule has 8 aromatic rings. The quantitative estimate of drug-likeness (QED) is 0.193. The molecule has 0 N–H and O–H groups in total. The highest BCUT2D eigenvalue weighted by Gasteiger charge is 2.12. The molecule has 0 radical (unpaired) electrons. The number of fused-ring (bicyclic) bond motifs is 5. The fourth-order valence-corrected chi connectivity index (χ4v) is 6.70. The van der Waals surface area contributed by atoms with Gasteiger partial charge in [0.15, 0.2) is 0 Å². The molecule has 5 aromatic carbocycles. The summed E-state index contributed by atoms with van der Waals surface area (Å²) in [6.07, 6.45) is 0. The lowest BCUT2D eigenvalue weighted by Gasteiger charge is -2.08. The Morgan fingerprint density at radius 3 is 1.73 bits per heavy atom. The molecule has 0 aliphatic rings. The van der Waals surface area contributed by atoms with Gasteiger partial charge >= 0.3 is 0 Å². The fourth-order valence-electron chi connectivity index (χ4n) is 4.72. The minimum Gasteiger partial charge on any atom is -0.768 e. The van der Waals surface area contributed by atoms with Crippen LogP contribution in [0.5, 0.6) is 0 Å². The molecule has 0 aliphatic heterocycles. The maximum Gasteiger partial charge on any atom is 0.0541 e. The molecule has 1 unspecified atom stereocenters. The second-order valence-electron chi connectivity index (χ2n) is 9.02. The van der Waals surface area contributed by atoms with Crippen molar-refractivity contribution in [2.24, 2.45) is 0 Å². The first-order valence-corrected chi connectivity index (χ1v) is 15.5. The maximum absolute atomic E-state index is 11.3. The van der Waals surface area contributed by atoms with Crippen molar-refractivity contribution < 1.29 is 8.76 Å². The lowest BCUT2D eigenvalue weighted by Crippen LogP contribution is -1.93. The standard InChI is InChI=1S/C18H13NO2S.2C8H6S/c20-22(21)14-10-11-18-16(12-14)15-8-4-5-9-17(15)19(18)13-6-2-1-3-7-13;2*1-2-4-8-7(3-1)5-6-9-8/h1-12H,(H,20,21);2*1-6H/p-1. The van der Waals surface area contributed by atoms with Crippen LogP contribution in [0.1, 0.15) is 0 Å². The van der Waals surface area contributed by atoms with Gasteiger partial charge in [-0.15, -0.1) is 22.7 Å². The van der Waals surface area contributed by atoms with Gasteiger partial charge in [0.05, 0.1) is 11.0 Å². The summed E-state index contributed by atoms with van der Waals surface area (Å²) in [5.74, 6) is 0. The minimum absolute atomic E-state index is 0.309. The van der Waals surface area contributed by atoms with Crippen LogP contribution >= 0.6 is 22.7 Å². The van der Waals surface area contributed by atoms with E-state index in [-0.39, 0.29) is 0 Å². The number of thiophene rings is 2. The van der Waals surface area contributed by atoms with Gasteiger partial charge in [-0.1, -0.05) is 72.8 Å². The lowest BCUT2D eigenvalue weighted by atomic mass is 10.1. The summed E-state index contributed by atoms with van der Waals surface area (Å²) in [7, 11) is 0. The first kappa shape index (κ1) is 26.2. The molecule has 0 saturated carbocycles. The highest BCUT2D eigenvalue weighted by atomic mass is 32.2. The fraction of sp³-hybridized carbons (Fsp3) is 0. The van der Waals surface area contributed by atoms with Crippen LogP contribution in [-0.4, -0.2) is 13.3 Å². The van der Waals surface area contributed by atoms with Crippen molar-refractivity contribution in [2.45, 2.75) is 4.90 Å². The van der Waals surface area contributed by atoms with Crippen molar-refractivity contribution in [3.05, 3.63) is 144 Å². The number of hydrogen-bond acceptors (Lipinski definition) is 4. The van der Waals surface area contributed by atoms with Gasteiger partial charge in [-0.05, 0) is 93.3 Å². The molecule has 3 nitrogen and oxygen atoms in total. The van der Waals surface area contributed by atoms with Crippen LogP contribution in [0.4, 0.5) is 0 Å². The molecule has 3 aromatic heterocycles. The first-order valence-electron chi connectivity index (χ1n) is 12.7. The lowest BCUT2D eigenvalue weighted by molar-refractivity contribution is 0.537. The number of nitrogens with zero attached hydrogens (tertiary/aromatic N) is 1. The van der Waals surface area contributed by atoms with Gasteiger partial charge in [0.25, 0.3) is 0 Å². The van der Waals surface area contributed by atoms with Crippen LogP contribution in [0.2, 0.25) is 0 Å². The zero-order valence-corrected chi connectivity index (χ0v) is 23.8. The van der Waals surface area contributed by atoms with Crippen LogP contribution in [0.3, 0.4) is 0 Å². The maximum atomic E-state index is 11.3. The monoisotopic (exact) mass is 574 g/mol. The largest absolute Gasteiger partial charge is 0.768 e. The summed E-state index contributed by atoms with van der Waals surface area (Å²) >= 11 is 1.35. The number of hydrogen-bond donors (Lipinski definition) is 0. The molecule has 0 spiro atoms. The summed E-state index contributed by atoms with van der Waals surface area (Å²) < 4.78 is 27.4. The van der Waals surface area contributed by atoms with E-state index in [1.807, 2.05) is 54.6 Å². The predicted molar refractivity (Wildman–Crippen MR) is 172 cm³/mol. The van der Waals surface area contributed by atoms with Crippen LogP contribution in [0.15, 0.2) is 149 Å². The van der Waals surface area contributed by atoms with Crippen LogP contribution < -0.4 is 0 Å². The first-order chi connectivity index (χ1) is 19.7. The zero-order valence-electron chi connectivity index (χ0n) is 21.3. The third kappa shape index (κ3) is 5.48. The third-order valence-corrected chi connectivity index (χ3v) is 9.01. The zero-order chi connectivity index (χ0) is 27.3. The summed E-state index contributed by atoms with van der Waals surface area (Å²) in [6.45, 7) is 0. The van der Waals surface area contributed by atoms with Gasteiger partial charge in [-0.2, -0.15) is 0 Å². The van der Waals surface area contributed by atoms with Crippen molar-refractivity contribution in [1.82, 2.24) is 4.57 Å². The van der Waals surface area contributed by atoms with Crippen molar-refractivity contribution in [3.8, 4) is 5.69 Å². The molecular formula is C34H24NO2S3-. The van der Waals surface area contributed by atoms with Crippen molar-refractivity contribution >= 4 is 75.7 Å². The molecule has 6 heteroatoms.